The molecule has 2 aromatic carbocycles. The number of hydrogen-bond donors (Lipinski definition) is 1. The highest BCUT2D eigenvalue weighted by Gasteiger charge is 2.14. The molecule has 3 rings (SSSR count). The molecule has 0 spiro atoms. The molecule has 0 aliphatic rings. The van der Waals surface area contributed by atoms with Gasteiger partial charge in [0.25, 0.3) is 0 Å². The Kier molecular flexibility index (Phi) is 3.52. The monoisotopic (exact) mass is 279 g/mol. The number of benzene rings is 2. The van der Waals surface area contributed by atoms with Crippen LogP contribution in [0.3, 0.4) is 0 Å². The first-order chi connectivity index (χ1) is 10.1. The predicted molar refractivity (Wildman–Crippen MR) is 87.3 cm³/mol. The Labute approximate surface area is 125 Å². The summed E-state index contributed by atoms with van der Waals surface area (Å²) in [6.45, 7) is 7.01. The molecule has 0 bridgehead atoms. The Bertz CT molecular complexity index is 786. The second-order valence-electron chi connectivity index (χ2n) is 5.72. The molecule has 108 valence electrons. The number of imidazole rings is 1. The summed E-state index contributed by atoms with van der Waals surface area (Å²) < 4.78 is 2.21. The Hall–Kier alpha value is -2.13. The maximum Gasteiger partial charge on any atom is 0.106 e. The summed E-state index contributed by atoms with van der Waals surface area (Å²) >= 11 is 0. The average molecular weight is 279 g/mol. The molecule has 0 radical (unpaired) electrons. The fourth-order valence-electron chi connectivity index (χ4n) is 2.88. The van der Waals surface area contributed by atoms with Crippen molar-refractivity contribution in [2.75, 3.05) is 0 Å². The molecule has 0 aliphatic heterocycles. The summed E-state index contributed by atoms with van der Waals surface area (Å²) in [5.74, 6) is 1.01. The number of nitrogens with zero attached hydrogens (tertiary/aromatic N) is 2. The van der Waals surface area contributed by atoms with E-state index in [1.165, 1.54) is 16.7 Å². The normalized spacial score (nSPS) is 12.8. The topological polar surface area (TPSA) is 43.8 Å². The molecule has 3 nitrogen and oxygen atoms in total. The minimum Gasteiger partial charge on any atom is -0.326 e. The molecule has 2 N–H and O–H groups in total. The van der Waals surface area contributed by atoms with Crippen molar-refractivity contribution in [3.63, 3.8) is 0 Å². The summed E-state index contributed by atoms with van der Waals surface area (Å²) in [7, 11) is 0. The van der Waals surface area contributed by atoms with Crippen molar-refractivity contribution in [3.8, 4) is 0 Å². The number of para-hydroxylation sites is 2. The highest BCUT2D eigenvalue weighted by atomic mass is 15.1. The Morgan fingerprint density at radius 1 is 1.10 bits per heavy atom. The van der Waals surface area contributed by atoms with Gasteiger partial charge in [-0.05, 0) is 44.0 Å². The number of rotatable bonds is 3. The van der Waals surface area contributed by atoms with E-state index >= 15 is 0 Å². The van der Waals surface area contributed by atoms with Crippen molar-refractivity contribution in [3.05, 3.63) is 65.0 Å². The van der Waals surface area contributed by atoms with Crippen molar-refractivity contribution in [2.24, 2.45) is 5.73 Å². The van der Waals surface area contributed by atoms with Crippen LogP contribution in [0.1, 0.15) is 28.6 Å². The van der Waals surface area contributed by atoms with Gasteiger partial charge in [0.1, 0.15) is 5.82 Å². The van der Waals surface area contributed by atoms with Gasteiger partial charge in [-0.25, -0.2) is 4.98 Å². The van der Waals surface area contributed by atoms with Crippen molar-refractivity contribution >= 4 is 11.0 Å². The number of hydrogen-bond acceptors (Lipinski definition) is 2. The van der Waals surface area contributed by atoms with E-state index < -0.39 is 0 Å². The van der Waals surface area contributed by atoms with Gasteiger partial charge in [-0.2, -0.15) is 0 Å². The molecular weight excluding hydrogens is 258 g/mol. The first-order valence-electron chi connectivity index (χ1n) is 7.31. The third-order valence-corrected chi connectivity index (χ3v) is 4.06. The van der Waals surface area contributed by atoms with Gasteiger partial charge in [0.2, 0.25) is 0 Å². The fraction of sp³-hybridized carbons (Fsp3) is 0.278. The molecule has 3 heteroatoms. The maximum atomic E-state index is 6.47. The van der Waals surface area contributed by atoms with E-state index in [-0.39, 0.29) is 6.04 Å². The zero-order valence-corrected chi connectivity index (χ0v) is 12.8. The summed E-state index contributed by atoms with van der Waals surface area (Å²) in [6.07, 6.45) is 0. The molecular formula is C18H21N3. The molecule has 0 aliphatic carbocycles. The summed E-state index contributed by atoms with van der Waals surface area (Å²) in [6, 6.07) is 14.6. The zero-order valence-electron chi connectivity index (χ0n) is 12.8. The molecule has 1 aromatic heterocycles. The minimum atomic E-state index is -0.0267. The molecule has 1 unspecified atom stereocenters. The van der Waals surface area contributed by atoms with Crippen LogP contribution in [0.25, 0.3) is 11.0 Å². The van der Waals surface area contributed by atoms with Crippen LogP contribution in [0.15, 0.2) is 42.5 Å². The Balaban J connectivity index is 1.98. The third-order valence-electron chi connectivity index (χ3n) is 4.06. The van der Waals surface area contributed by atoms with Gasteiger partial charge in [0.15, 0.2) is 0 Å². The van der Waals surface area contributed by atoms with Crippen molar-refractivity contribution in [1.29, 1.82) is 0 Å². The molecule has 3 aromatic rings. The van der Waals surface area contributed by atoms with Crippen LogP contribution in [0.4, 0.5) is 0 Å². The first-order valence-corrected chi connectivity index (χ1v) is 7.31. The number of aryl methyl sites for hydroxylation is 3. The van der Waals surface area contributed by atoms with Crippen LogP contribution in [-0.2, 0) is 6.54 Å². The van der Waals surface area contributed by atoms with Gasteiger partial charge in [0.05, 0.1) is 11.0 Å². The van der Waals surface area contributed by atoms with Crippen LogP contribution in [0, 0.1) is 20.8 Å². The van der Waals surface area contributed by atoms with Gasteiger partial charge in [0, 0.05) is 12.6 Å². The van der Waals surface area contributed by atoms with Crippen LogP contribution < -0.4 is 5.73 Å². The summed E-state index contributed by atoms with van der Waals surface area (Å²) in [5, 5.41) is 0. The third kappa shape index (κ3) is 2.57. The first kappa shape index (κ1) is 13.8. The van der Waals surface area contributed by atoms with E-state index in [1.54, 1.807) is 0 Å². The summed E-state index contributed by atoms with van der Waals surface area (Å²) in [5.41, 5.74) is 12.4. The van der Waals surface area contributed by atoms with E-state index in [2.05, 4.69) is 47.7 Å². The largest absolute Gasteiger partial charge is 0.326 e. The molecule has 1 atom stereocenters. The molecule has 0 saturated carbocycles. The van der Waals surface area contributed by atoms with E-state index in [4.69, 9.17) is 5.73 Å². The van der Waals surface area contributed by atoms with Crippen LogP contribution in [-0.4, -0.2) is 9.55 Å². The minimum absolute atomic E-state index is 0.0267. The van der Waals surface area contributed by atoms with Crippen LogP contribution >= 0.6 is 0 Å². The summed E-state index contributed by atoms with van der Waals surface area (Å²) in [4.78, 5) is 4.61. The van der Waals surface area contributed by atoms with Crippen molar-refractivity contribution in [2.45, 2.75) is 33.4 Å². The number of aromatic nitrogens is 2. The Morgan fingerprint density at radius 3 is 2.67 bits per heavy atom. The highest BCUT2D eigenvalue weighted by Crippen LogP contribution is 2.22. The quantitative estimate of drug-likeness (QED) is 0.795. The number of nitrogens with two attached hydrogens (primary N) is 1. The van der Waals surface area contributed by atoms with Gasteiger partial charge < -0.3 is 10.3 Å². The van der Waals surface area contributed by atoms with Crippen molar-refractivity contribution in [1.82, 2.24) is 9.55 Å². The lowest BCUT2D eigenvalue weighted by atomic mass is 9.99. The van der Waals surface area contributed by atoms with E-state index in [0.29, 0.717) is 0 Å². The zero-order chi connectivity index (χ0) is 15.0. The lowest BCUT2D eigenvalue weighted by molar-refractivity contribution is 0.574. The van der Waals surface area contributed by atoms with Crippen LogP contribution in [0.2, 0.25) is 0 Å². The second kappa shape index (κ2) is 5.34. The highest BCUT2D eigenvalue weighted by molar-refractivity contribution is 5.75. The standard InChI is InChI=1S/C18H21N3/c1-12-8-9-13(2)15(10-12)16(19)11-21-14(3)20-17-6-4-5-7-18(17)21/h4-10,16H,11,19H2,1-3H3. The molecule has 0 fully saturated rings. The maximum absolute atomic E-state index is 6.47. The SMILES string of the molecule is Cc1ccc(C)c(C(N)Cn2c(C)nc3ccccc32)c1. The van der Waals surface area contributed by atoms with Crippen LogP contribution in [0.5, 0.6) is 0 Å². The van der Waals surface area contributed by atoms with E-state index in [0.717, 1.165) is 23.4 Å². The number of fused-ring (bicyclic) bond motifs is 1. The molecule has 0 amide bonds. The van der Waals surface area contributed by atoms with Gasteiger partial charge in [-0.1, -0.05) is 35.9 Å². The lowest BCUT2D eigenvalue weighted by Crippen LogP contribution is -2.19. The second-order valence-corrected chi connectivity index (χ2v) is 5.72. The van der Waals surface area contributed by atoms with Gasteiger partial charge >= 0.3 is 0 Å². The smallest absolute Gasteiger partial charge is 0.106 e. The van der Waals surface area contributed by atoms with E-state index in [1.807, 2.05) is 25.1 Å². The lowest BCUT2D eigenvalue weighted by Gasteiger charge is -2.17. The van der Waals surface area contributed by atoms with Gasteiger partial charge in [-0.15, -0.1) is 0 Å². The Morgan fingerprint density at radius 2 is 1.86 bits per heavy atom. The van der Waals surface area contributed by atoms with Gasteiger partial charge in [-0.3, -0.25) is 0 Å². The van der Waals surface area contributed by atoms with E-state index in [9.17, 15) is 0 Å². The molecule has 1 heterocycles. The molecule has 0 saturated heterocycles. The molecule has 21 heavy (non-hydrogen) atoms. The predicted octanol–water partition coefficient (Wildman–Crippen LogP) is 3.66. The van der Waals surface area contributed by atoms with Crippen molar-refractivity contribution < 1.29 is 0 Å². The fourth-order valence-corrected chi connectivity index (χ4v) is 2.88. The average Bonchev–Trinajstić information content (AvgIpc) is 2.78.